The molecule has 0 N–H and O–H groups in total. The molecule has 0 radical (unpaired) electrons. The first-order valence-corrected chi connectivity index (χ1v) is 7.46. The van der Waals surface area contributed by atoms with Crippen LogP contribution in [0.4, 0.5) is 4.39 Å². The van der Waals surface area contributed by atoms with Gasteiger partial charge >= 0.3 is 0 Å². The van der Waals surface area contributed by atoms with Crippen molar-refractivity contribution >= 4 is 17.5 Å². The van der Waals surface area contributed by atoms with E-state index < -0.39 is 5.82 Å². The molecule has 1 aliphatic rings. The second-order valence-corrected chi connectivity index (χ2v) is 7.22. The lowest BCUT2D eigenvalue weighted by molar-refractivity contribution is 0.0957. The summed E-state index contributed by atoms with van der Waals surface area (Å²) < 4.78 is 13.0. The summed E-state index contributed by atoms with van der Waals surface area (Å²) in [6.07, 6.45) is 1.53. The summed E-state index contributed by atoms with van der Waals surface area (Å²) in [6.45, 7) is 7.24. The summed E-state index contributed by atoms with van der Waals surface area (Å²) in [5.74, 6) is 0.679. The Morgan fingerprint density at radius 1 is 1.53 bits per heavy atom. The zero-order valence-electron chi connectivity index (χ0n) is 11.4. The van der Waals surface area contributed by atoms with Crippen LogP contribution in [0.5, 0.6) is 0 Å². The number of Topliss-reactive ketones (excluding diaryl/α,β-unsaturated/α-hetero) is 1. The van der Waals surface area contributed by atoms with E-state index in [9.17, 15) is 9.18 Å². The van der Waals surface area contributed by atoms with Crippen LogP contribution in [0.25, 0.3) is 0 Å². The van der Waals surface area contributed by atoms with E-state index in [0.29, 0.717) is 12.1 Å². The van der Waals surface area contributed by atoms with Gasteiger partial charge in [-0.3, -0.25) is 9.78 Å². The molecule has 2 rings (SSSR count). The molecule has 0 atom stereocenters. The molecule has 1 aliphatic heterocycles. The summed E-state index contributed by atoms with van der Waals surface area (Å²) >= 11 is 1.98. The van der Waals surface area contributed by atoms with Gasteiger partial charge in [0.2, 0.25) is 0 Å². The number of hydrogen-bond acceptors (Lipinski definition) is 4. The molecule has 0 amide bonds. The molecule has 5 heteroatoms. The van der Waals surface area contributed by atoms with Crippen molar-refractivity contribution in [2.45, 2.75) is 25.0 Å². The molecule has 0 spiro atoms. The fourth-order valence-corrected chi connectivity index (χ4v) is 3.41. The van der Waals surface area contributed by atoms with Crippen LogP contribution in [0.15, 0.2) is 18.3 Å². The van der Waals surface area contributed by atoms with Gasteiger partial charge in [-0.25, -0.2) is 4.39 Å². The van der Waals surface area contributed by atoms with E-state index in [1.54, 1.807) is 0 Å². The van der Waals surface area contributed by atoms with Crippen molar-refractivity contribution in [2.75, 3.05) is 25.4 Å². The van der Waals surface area contributed by atoms with Gasteiger partial charge in [0.05, 0.1) is 6.20 Å². The van der Waals surface area contributed by atoms with E-state index >= 15 is 0 Å². The van der Waals surface area contributed by atoms with Crippen molar-refractivity contribution in [1.82, 2.24) is 9.88 Å². The van der Waals surface area contributed by atoms with Crippen LogP contribution < -0.4 is 0 Å². The lowest BCUT2D eigenvalue weighted by Gasteiger charge is -2.37. The molecule has 0 bridgehead atoms. The van der Waals surface area contributed by atoms with Crippen LogP contribution in [-0.2, 0) is 0 Å². The number of nitrogens with zero attached hydrogens (tertiary/aromatic N) is 2. The molecule has 1 aromatic rings. The van der Waals surface area contributed by atoms with Gasteiger partial charge in [0, 0.05) is 36.6 Å². The molecular weight excluding hydrogens is 263 g/mol. The average molecular weight is 282 g/mol. The quantitative estimate of drug-likeness (QED) is 0.795. The number of carbonyl (C=O) groups is 1. The molecule has 0 saturated carbocycles. The molecule has 2 heterocycles. The Labute approximate surface area is 117 Å². The van der Waals surface area contributed by atoms with Gasteiger partial charge in [-0.05, 0) is 26.0 Å². The topological polar surface area (TPSA) is 33.2 Å². The number of pyridine rings is 1. The van der Waals surface area contributed by atoms with E-state index in [0.717, 1.165) is 31.6 Å². The highest BCUT2D eigenvalue weighted by Gasteiger charge is 2.27. The normalized spacial score (nSPS) is 19.3. The summed E-state index contributed by atoms with van der Waals surface area (Å²) in [4.78, 5) is 18.1. The van der Waals surface area contributed by atoms with Gasteiger partial charge in [-0.15, -0.1) is 0 Å². The third kappa shape index (κ3) is 4.28. The first kappa shape index (κ1) is 14.5. The third-order valence-corrected chi connectivity index (χ3v) is 4.47. The largest absolute Gasteiger partial charge is 0.301 e. The second-order valence-electron chi connectivity index (χ2n) is 5.42. The molecule has 0 aromatic carbocycles. The van der Waals surface area contributed by atoms with Crippen LogP contribution in [0, 0.1) is 5.82 Å². The van der Waals surface area contributed by atoms with Crippen LogP contribution in [0.1, 0.15) is 30.8 Å². The van der Waals surface area contributed by atoms with E-state index in [1.165, 1.54) is 12.1 Å². The van der Waals surface area contributed by atoms with Crippen molar-refractivity contribution in [3.8, 4) is 0 Å². The van der Waals surface area contributed by atoms with Crippen molar-refractivity contribution < 1.29 is 9.18 Å². The first-order valence-electron chi connectivity index (χ1n) is 6.47. The van der Waals surface area contributed by atoms with Gasteiger partial charge in [0.1, 0.15) is 11.5 Å². The van der Waals surface area contributed by atoms with E-state index in [4.69, 9.17) is 0 Å². The number of halogens is 1. The summed E-state index contributed by atoms with van der Waals surface area (Å²) in [6, 6.07) is 2.73. The predicted octanol–water partition coefficient (Wildman–Crippen LogP) is 2.62. The highest BCUT2D eigenvalue weighted by molar-refractivity contribution is 8.00. The zero-order chi connectivity index (χ0) is 13.9. The number of carbonyl (C=O) groups excluding carboxylic acids is 1. The molecule has 1 saturated heterocycles. The maximum atomic E-state index is 12.7. The number of ketones is 1. The average Bonchev–Trinajstić information content (AvgIpc) is 2.36. The molecule has 19 heavy (non-hydrogen) atoms. The highest BCUT2D eigenvalue weighted by Crippen LogP contribution is 2.29. The number of thioether (sulfide) groups is 1. The Kier molecular flexibility index (Phi) is 4.58. The number of hydrogen-bond donors (Lipinski definition) is 0. The monoisotopic (exact) mass is 282 g/mol. The van der Waals surface area contributed by atoms with Crippen LogP contribution in [-0.4, -0.2) is 45.8 Å². The summed E-state index contributed by atoms with van der Waals surface area (Å²) in [5, 5.41) is 0. The van der Waals surface area contributed by atoms with Gasteiger partial charge < -0.3 is 4.90 Å². The molecular formula is C14H19FN2OS. The predicted molar refractivity (Wildman–Crippen MR) is 76.1 cm³/mol. The van der Waals surface area contributed by atoms with E-state index in [2.05, 4.69) is 23.7 Å². The van der Waals surface area contributed by atoms with E-state index in [-0.39, 0.29) is 10.5 Å². The standard InChI is InChI=1S/C14H19FN2OS/c1-14(2)10-17(7-8-19-14)6-5-13(18)12-4-3-11(15)9-16-12/h3-4,9H,5-8,10H2,1-2H3. The Balaban J connectivity index is 1.85. The fraction of sp³-hybridized carbons (Fsp3) is 0.571. The molecule has 0 aliphatic carbocycles. The van der Waals surface area contributed by atoms with Crippen LogP contribution in [0.3, 0.4) is 0 Å². The Bertz CT molecular complexity index is 447. The fourth-order valence-electron chi connectivity index (χ4n) is 2.23. The SMILES string of the molecule is CC1(C)CN(CCC(=O)c2ccc(F)cn2)CCS1. The molecule has 0 unspecified atom stereocenters. The maximum absolute atomic E-state index is 12.7. The first-order chi connectivity index (χ1) is 8.96. The minimum Gasteiger partial charge on any atom is -0.301 e. The minimum atomic E-state index is -0.411. The molecule has 3 nitrogen and oxygen atoms in total. The third-order valence-electron chi connectivity index (χ3n) is 3.17. The Morgan fingerprint density at radius 3 is 2.95 bits per heavy atom. The van der Waals surface area contributed by atoms with Crippen molar-refractivity contribution in [1.29, 1.82) is 0 Å². The highest BCUT2D eigenvalue weighted by atomic mass is 32.2. The molecule has 1 fully saturated rings. The van der Waals surface area contributed by atoms with Gasteiger partial charge in [0.15, 0.2) is 5.78 Å². The van der Waals surface area contributed by atoms with Crippen molar-refractivity contribution in [3.63, 3.8) is 0 Å². The Hall–Kier alpha value is -0.940. The molecule has 1 aromatic heterocycles. The van der Waals surface area contributed by atoms with E-state index in [1.807, 2.05) is 11.8 Å². The Morgan fingerprint density at radius 2 is 2.32 bits per heavy atom. The molecule has 104 valence electrons. The minimum absolute atomic E-state index is 0.0176. The lowest BCUT2D eigenvalue weighted by atomic mass is 10.1. The second kappa shape index (κ2) is 6.01. The maximum Gasteiger partial charge on any atom is 0.182 e. The number of rotatable bonds is 4. The summed E-state index contributed by atoms with van der Waals surface area (Å²) in [5.41, 5.74) is 0.354. The number of aromatic nitrogens is 1. The van der Waals surface area contributed by atoms with Gasteiger partial charge in [-0.1, -0.05) is 0 Å². The van der Waals surface area contributed by atoms with Crippen LogP contribution in [0.2, 0.25) is 0 Å². The van der Waals surface area contributed by atoms with Crippen LogP contribution >= 0.6 is 11.8 Å². The van der Waals surface area contributed by atoms with Gasteiger partial charge in [-0.2, -0.15) is 11.8 Å². The van der Waals surface area contributed by atoms with Gasteiger partial charge in [0.25, 0.3) is 0 Å². The summed E-state index contributed by atoms with van der Waals surface area (Å²) in [7, 11) is 0. The lowest BCUT2D eigenvalue weighted by Crippen LogP contribution is -2.43. The van der Waals surface area contributed by atoms with Crippen molar-refractivity contribution in [2.24, 2.45) is 0 Å². The van der Waals surface area contributed by atoms with Crippen molar-refractivity contribution in [3.05, 3.63) is 29.8 Å². The smallest absolute Gasteiger partial charge is 0.182 e. The zero-order valence-corrected chi connectivity index (χ0v) is 12.2.